The van der Waals surface area contributed by atoms with Gasteiger partial charge < -0.3 is 19.9 Å². The van der Waals surface area contributed by atoms with Crippen molar-refractivity contribution in [3.05, 3.63) is 18.3 Å². The van der Waals surface area contributed by atoms with Crippen LogP contribution in [0.1, 0.15) is 13.3 Å². The molecule has 1 rings (SSSR count). The van der Waals surface area contributed by atoms with Gasteiger partial charge in [0.1, 0.15) is 0 Å². The average Bonchev–Trinajstić information content (AvgIpc) is 2.33. The lowest BCUT2D eigenvalue weighted by Gasteiger charge is -2.19. The van der Waals surface area contributed by atoms with Crippen LogP contribution in [0.3, 0.4) is 0 Å². The van der Waals surface area contributed by atoms with Gasteiger partial charge in [-0.25, -0.2) is 4.98 Å². The molecule has 1 unspecified atom stereocenters. The van der Waals surface area contributed by atoms with E-state index in [-0.39, 0.29) is 12.6 Å². The van der Waals surface area contributed by atoms with E-state index >= 15 is 0 Å². The zero-order chi connectivity index (χ0) is 12.5. The predicted molar refractivity (Wildman–Crippen MR) is 66.4 cm³/mol. The van der Waals surface area contributed by atoms with Gasteiger partial charge in [0.25, 0.3) is 0 Å². The summed E-state index contributed by atoms with van der Waals surface area (Å²) >= 11 is 0. The second-order valence-electron chi connectivity index (χ2n) is 3.59. The first-order valence-electron chi connectivity index (χ1n) is 5.76. The molecule has 0 aliphatic heterocycles. The van der Waals surface area contributed by atoms with Gasteiger partial charge in [0.15, 0.2) is 11.6 Å². The lowest BCUT2D eigenvalue weighted by atomic mass is 10.2. The number of hydrogen-bond acceptors (Lipinski definition) is 5. The van der Waals surface area contributed by atoms with E-state index in [0.717, 1.165) is 0 Å². The molecular weight excluding hydrogens is 220 g/mol. The molecule has 0 bridgehead atoms. The van der Waals surface area contributed by atoms with E-state index in [1.807, 2.05) is 19.1 Å². The first-order valence-corrected chi connectivity index (χ1v) is 5.76. The van der Waals surface area contributed by atoms with Crippen molar-refractivity contribution < 1.29 is 14.6 Å². The van der Waals surface area contributed by atoms with Crippen molar-refractivity contribution in [3.63, 3.8) is 0 Å². The fraction of sp³-hybridized carbons (Fsp3) is 0.583. The Morgan fingerprint density at radius 2 is 2.35 bits per heavy atom. The first-order chi connectivity index (χ1) is 8.31. The summed E-state index contributed by atoms with van der Waals surface area (Å²) in [5, 5.41) is 12.2. The number of aliphatic hydroxyl groups excluding tert-OH is 1. The maximum absolute atomic E-state index is 8.97. The average molecular weight is 240 g/mol. The summed E-state index contributed by atoms with van der Waals surface area (Å²) in [6.07, 6.45) is 2.31. The van der Waals surface area contributed by atoms with E-state index in [1.54, 1.807) is 13.3 Å². The smallest absolute Gasteiger partial charge is 0.169 e. The third kappa shape index (κ3) is 4.58. The van der Waals surface area contributed by atoms with Gasteiger partial charge in [-0.3, -0.25) is 0 Å². The lowest BCUT2D eigenvalue weighted by Crippen LogP contribution is -2.26. The van der Waals surface area contributed by atoms with Crippen LogP contribution < -0.4 is 10.1 Å². The van der Waals surface area contributed by atoms with Crippen LogP contribution in [0.2, 0.25) is 0 Å². The summed E-state index contributed by atoms with van der Waals surface area (Å²) in [4.78, 5) is 4.23. The van der Waals surface area contributed by atoms with Crippen LogP contribution in [0.15, 0.2) is 18.3 Å². The zero-order valence-electron chi connectivity index (χ0n) is 10.3. The molecule has 0 aromatic carbocycles. The van der Waals surface area contributed by atoms with Crippen molar-refractivity contribution >= 4 is 5.82 Å². The van der Waals surface area contributed by atoms with Crippen molar-refractivity contribution in [2.75, 3.05) is 32.2 Å². The third-order valence-electron chi connectivity index (χ3n) is 2.26. The topological polar surface area (TPSA) is 63.6 Å². The highest BCUT2D eigenvalue weighted by molar-refractivity contribution is 5.50. The van der Waals surface area contributed by atoms with Gasteiger partial charge in [-0.15, -0.1) is 0 Å². The molecule has 5 heteroatoms. The van der Waals surface area contributed by atoms with E-state index in [2.05, 4.69) is 10.3 Å². The molecule has 1 atom stereocenters. The van der Waals surface area contributed by atoms with Gasteiger partial charge in [-0.2, -0.15) is 0 Å². The van der Waals surface area contributed by atoms with Crippen LogP contribution in [-0.2, 0) is 4.74 Å². The van der Waals surface area contributed by atoms with Crippen LogP contribution in [-0.4, -0.2) is 43.1 Å². The highest BCUT2D eigenvalue weighted by Gasteiger charge is 2.11. The molecule has 2 N–H and O–H groups in total. The molecule has 0 saturated heterocycles. The Kier molecular flexibility index (Phi) is 6.35. The molecule has 17 heavy (non-hydrogen) atoms. The standard InChI is InChI=1S/C12H20N2O3/c1-3-17-11-5-4-7-13-12(11)14-10(6-8-15)9-16-2/h4-5,7,10,15H,3,6,8-9H2,1-2H3,(H,13,14). The molecule has 1 heterocycles. The molecule has 0 saturated carbocycles. The summed E-state index contributed by atoms with van der Waals surface area (Å²) in [5.41, 5.74) is 0. The van der Waals surface area contributed by atoms with E-state index < -0.39 is 0 Å². The summed E-state index contributed by atoms with van der Waals surface area (Å²) in [6, 6.07) is 3.72. The Labute approximate surface area is 102 Å². The number of aromatic nitrogens is 1. The van der Waals surface area contributed by atoms with Crippen LogP contribution >= 0.6 is 0 Å². The first kappa shape index (κ1) is 13.7. The zero-order valence-corrected chi connectivity index (χ0v) is 10.3. The third-order valence-corrected chi connectivity index (χ3v) is 2.26. The van der Waals surface area contributed by atoms with E-state index in [0.29, 0.717) is 31.2 Å². The maximum atomic E-state index is 8.97. The number of methoxy groups -OCH3 is 1. The SMILES string of the molecule is CCOc1cccnc1NC(CCO)COC. The number of rotatable bonds is 8. The number of anilines is 1. The molecule has 0 aliphatic carbocycles. The molecule has 0 spiro atoms. The van der Waals surface area contributed by atoms with Crippen LogP contribution in [0.25, 0.3) is 0 Å². The van der Waals surface area contributed by atoms with Gasteiger partial charge in [0.05, 0.1) is 19.3 Å². The highest BCUT2D eigenvalue weighted by Crippen LogP contribution is 2.21. The monoisotopic (exact) mass is 240 g/mol. The number of hydrogen-bond donors (Lipinski definition) is 2. The molecule has 0 amide bonds. The van der Waals surface area contributed by atoms with Gasteiger partial charge in [-0.1, -0.05) is 0 Å². The Bertz CT molecular complexity index is 314. The minimum Gasteiger partial charge on any atom is -0.490 e. The van der Waals surface area contributed by atoms with E-state index in [4.69, 9.17) is 14.6 Å². The van der Waals surface area contributed by atoms with Crippen molar-refractivity contribution in [1.29, 1.82) is 0 Å². The van der Waals surface area contributed by atoms with Crippen molar-refractivity contribution in [3.8, 4) is 5.75 Å². The number of pyridine rings is 1. The summed E-state index contributed by atoms with van der Waals surface area (Å²) in [5.74, 6) is 1.40. The molecule has 0 fully saturated rings. The fourth-order valence-electron chi connectivity index (χ4n) is 1.52. The van der Waals surface area contributed by atoms with E-state index in [1.165, 1.54) is 0 Å². The number of ether oxygens (including phenoxy) is 2. The minimum absolute atomic E-state index is 0.0270. The maximum Gasteiger partial charge on any atom is 0.169 e. The normalized spacial score (nSPS) is 12.2. The number of nitrogens with one attached hydrogen (secondary N) is 1. The Hall–Kier alpha value is -1.33. The highest BCUT2D eigenvalue weighted by atomic mass is 16.5. The van der Waals surface area contributed by atoms with E-state index in [9.17, 15) is 0 Å². The minimum atomic E-state index is 0.0270. The predicted octanol–water partition coefficient (Wildman–Crippen LogP) is 1.29. The van der Waals surface area contributed by atoms with Gasteiger partial charge in [0.2, 0.25) is 0 Å². The van der Waals surface area contributed by atoms with Crippen LogP contribution in [0.5, 0.6) is 5.75 Å². The summed E-state index contributed by atoms with van der Waals surface area (Å²) in [7, 11) is 1.63. The number of nitrogens with zero attached hydrogens (tertiary/aromatic N) is 1. The Balaban J connectivity index is 2.69. The second-order valence-corrected chi connectivity index (χ2v) is 3.59. The molecule has 0 aliphatic rings. The van der Waals surface area contributed by atoms with Crippen molar-refractivity contribution in [2.24, 2.45) is 0 Å². The number of aliphatic hydroxyl groups is 1. The Morgan fingerprint density at radius 1 is 1.53 bits per heavy atom. The molecule has 1 aromatic heterocycles. The van der Waals surface area contributed by atoms with Gasteiger partial charge in [0, 0.05) is 19.9 Å². The molecule has 0 radical (unpaired) electrons. The van der Waals surface area contributed by atoms with Crippen molar-refractivity contribution in [2.45, 2.75) is 19.4 Å². The lowest BCUT2D eigenvalue weighted by molar-refractivity contribution is 0.170. The molecule has 96 valence electrons. The largest absolute Gasteiger partial charge is 0.490 e. The van der Waals surface area contributed by atoms with Gasteiger partial charge in [-0.05, 0) is 25.5 Å². The quantitative estimate of drug-likeness (QED) is 0.717. The van der Waals surface area contributed by atoms with Gasteiger partial charge >= 0.3 is 0 Å². The molecular formula is C12H20N2O3. The summed E-state index contributed by atoms with van der Waals surface area (Å²) in [6.45, 7) is 3.15. The second kappa shape index (κ2) is 7.86. The molecule has 1 aromatic rings. The Morgan fingerprint density at radius 3 is 3.00 bits per heavy atom. The van der Waals surface area contributed by atoms with Crippen LogP contribution in [0, 0.1) is 0 Å². The van der Waals surface area contributed by atoms with Crippen molar-refractivity contribution in [1.82, 2.24) is 4.98 Å². The molecule has 5 nitrogen and oxygen atoms in total. The summed E-state index contributed by atoms with van der Waals surface area (Å²) < 4.78 is 10.6. The fourth-order valence-corrected chi connectivity index (χ4v) is 1.52. The van der Waals surface area contributed by atoms with Crippen LogP contribution in [0.4, 0.5) is 5.82 Å².